The van der Waals surface area contributed by atoms with Crippen LogP contribution in [0.25, 0.3) is 0 Å². The Balaban J connectivity index is 1.21. The second-order valence-electron chi connectivity index (χ2n) is 15.6. The lowest BCUT2D eigenvalue weighted by Crippen LogP contribution is -2.51. The third-order valence-electron chi connectivity index (χ3n) is 10.0. The highest BCUT2D eigenvalue weighted by Crippen LogP contribution is 2.46. The van der Waals surface area contributed by atoms with Crippen molar-refractivity contribution in [1.82, 2.24) is 10.1 Å². The second-order valence-corrected chi connectivity index (χ2v) is 15.6. The first kappa shape index (κ1) is 35.7. The summed E-state index contributed by atoms with van der Waals surface area (Å²) < 4.78 is 12.2. The van der Waals surface area contributed by atoms with Gasteiger partial charge >= 0.3 is 11.9 Å². The average molecular weight is 657 g/mol. The Kier molecular flexibility index (Phi) is 9.97. The van der Waals surface area contributed by atoms with E-state index in [0.29, 0.717) is 24.0 Å². The molecule has 5 rings (SSSR count). The molecule has 0 bridgehead atoms. The number of esters is 2. The van der Waals surface area contributed by atoms with E-state index in [4.69, 9.17) is 19.1 Å². The third-order valence-corrected chi connectivity index (χ3v) is 10.0. The van der Waals surface area contributed by atoms with Crippen LogP contribution in [-0.2, 0) is 19.1 Å². The molecule has 258 valence electrons. The number of benzene rings is 3. The minimum absolute atomic E-state index is 0.166. The topological polar surface area (TPSA) is 77.5 Å². The summed E-state index contributed by atoms with van der Waals surface area (Å²) >= 11 is 0. The van der Waals surface area contributed by atoms with Gasteiger partial charge in [0.25, 0.3) is 0 Å². The molecule has 4 unspecified atom stereocenters. The zero-order chi connectivity index (χ0) is 35.1. The van der Waals surface area contributed by atoms with Crippen LogP contribution >= 0.6 is 0 Å². The van der Waals surface area contributed by atoms with Gasteiger partial charge < -0.3 is 9.47 Å². The van der Waals surface area contributed by atoms with Crippen molar-refractivity contribution in [2.24, 2.45) is 0 Å². The van der Waals surface area contributed by atoms with E-state index in [1.54, 1.807) is 24.3 Å². The van der Waals surface area contributed by atoms with Crippen molar-refractivity contribution in [3.63, 3.8) is 0 Å². The molecular formula is C40H52N2O6. The SMILES string of the molecule is CC(ON1C(C)(C)CC(OC(=O)c2ccc(C(=O)OC3CC(C)(C)N(OC(C)c4ccccc4)C3(C)C)cc2)C1(C)C)c1ccccc1. The molecule has 0 N–H and O–H groups in total. The van der Waals surface area contributed by atoms with Crippen LogP contribution in [0.1, 0.15) is 126 Å². The molecule has 0 radical (unpaired) electrons. The van der Waals surface area contributed by atoms with Crippen molar-refractivity contribution in [2.45, 2.75) is 129 Å². The molecule has 0 saturated carbocycles. The fourth-order valence-corrected chi connectivity index (χ4v) is 7.35. The van der Waals surface area contributed by atoms with Crippen LogP contribution in [0.5, 0.6) is 0 Å². The number of hydrogen-bond donors (Lipinski definition) is 0. The number of ether oxygens (including phenoxy) is 2. The van der Waals surface area contributed by atoms with Crippen molar-refractivity contribution in [3.8, 4) is 0 Å². The van der Waals surface area contributed by atoms with Crippen LogP contribution in [0.2, 0.25) is 0 Å². The van der Waals surface area contributed by atoms with Gasteiger partial charge in [0.15, 0.2) is 0 Å². The number of carbonyl (C=O) groups excluding carboxylic acids is 2. The molecule has 3 aromatic rings. The molecule has 2 fully saturated rings. The van der Waals surface area contributed by atoms with Gasteiger partial charge in [-0.2, -0.15) is 10.1 Å². The van der Waals surface area contributed by atoms with E-state index in [-0.39, 0.29) is 23.3 Å². The van der Waals surface area contributed by atoms with Gasteiger partial charge in [-0.1, -0.05) is 60.7 Å². The summed E-state index contributed by atoms with van der Waals surface area (Å²) in [5.41, 5.74) is 0.998. The predicted molar refractivity (Wildman–Crippen MR) is 186 cm³/mol. The standard InChI is InChI=1S/C40H52N2O6/c1-27(29-17-13-11-14-18-29)47-41-37(3,4)25-33(39(41,7)8)45-35(43)31-21-23-32(24-22-31)36(44)46-34-26-38(5,6)42(40(34,9)10)48-28(2)30-19-15-12-16-20-30/h11-24,27-28,33-34H,25-26H2,1-10H3. The monoisotopic (exact) mass is 656 g/mol. The Morgan fingerprint density at radius 1 is 0.562 bits per heavy atom. The van der Waals surface area contributed by atoms with E-state index >= 15 is 0 Å². The molecule has 0 spiro atoms. The molecule has 2 saturated heterocycles. The summed E-state index contributed by atoms with van der Waals surface area (Å²) in [5, 5.41) is 3.96. The molecular weight excluding hydrogens is 604 g/mol. The maximum absolute atomic E-state index is 13.4. The average Bonchev–Trinajstić information content (AvgIpc) is 3.32. The number of hydroxylamine groups is 4. The molecule has 8 heteroatoms. The van der Waals surface area contributed by atoms with Crippen LogP contribution in [-0.4, -0.2) is 56.4 Å². The van der Waals surface area contributed by atoms with Crippen molar-refractivity contribution in [1.29, 1.82) is 0 Å². The molecule has 3 aromatic carbocycles. The van der Waals surface area contributed by atoms with E-state index in [1.165, 1.54) is 0 Å². The Morgan fingerprint density at radius 3 is 1.19 bits per heavy atom. The fraction of sp³-hybridized carbons (Fsp3) is 0.500. The van der Waals surface area contributed by atoms with E-state index in [0.717, 1.165) is 11.1 Å². The third kappa shape index (κ3) is 7.22. The van der Waals surface area contributed by atoms with Crippen LogP contribution in [0.15, 0.2) is 84.9 Å². The maximum atomic E-state index is 13.4. The van der Waals surface area contributed by atoms with Gasteiger partial charge in [-0.15, -0.1) is 0 Å². The smallest absolute Gasteiger partial charge is 0.338 e. The van der Waals surface area contributed by atoms with Gasteiger partial charge in [0.1, 0.15) is 24.4 Å². The van der Waals surface area contributed by atoms with E-state index in [2.05, 4.69) is 27.7 Å². The van der Waals surface area contributed by atoms with Crippen LogP contribution in [0.4, 0.5) is 0 Å². The number of hydrogen-bond acceptors (Lipinski definition) is 8. The van der Waals surface area contributed by atoms with Crippen LogP contribution in [0, 0.1) is 0 Å². The van der Waals surface area contributed by atoms with E-state index in [1.807, 2.05) is 112 Å². The molecule has 48 heavy (non-hydrogen) atoms. The summed E-state index contributed by atoms with van der Waals surface area (Å²) in [6.07, 6.45) is 0.0684. The largest absolute Gasteiger partial charge is 0.457 e. The minimum atomic E-state index is -0.579. The number of nitrogens with zero attached hydrogens (tertiary/aromatic N) is 2. The lowest BCUT2D eigenvalue weighted by atomic mass is 9.97. The normalized spacial score (nSPS) is 24.1. The molecule has 0 aliphatic carbocycles. The van der Waals surface area contributed by atoms with Crippen LogP contribution < -0.4 is 0 Å². The zero-order valence-corrected chi connectivity index (χ0v) is 30.2. The van der Waals surface area contributed by atoms with Gasteiger partial charge in [0, 0.05) is 23.9 Å². The Morgan fingerprint density at radius 2 is 0.875 bits per heavy atom. The van der Waals surface area contributed by atoms with Crippen molar-refractivity contribution in [2.75, 3.05) is 0 Å². The highest BCUT2D eigenvalue weighted by Gasteiger charge is 2.56. The van der Waals surface area contributed by atoms with E-state index < -0.39 is 35.2 Å². The van der Waals surface area contributed by atoms with Gasteiger partial charge in [-0.25, -0.2) is 9.59 Å². The summed E-state index contributed by atoms with van der Waals surface area (Å²) in [6.45, 7) is 20.6. The van der Waals surface area contributed by atoms with Gasteiger partial charge in [-0.3, -0.25) is 9.68 Å². The maximum Gasteiger partial charge on any atom is 0.338 e. The second kappa shape index (κ2) is 13.4. The molecule has 2 aliphatic rings. The lowest BCUT2D eigenvalue weighted by Gasteiger charge is -2.41. The first-order valence-corrected chi connectivity index (χ1v) is 17.0. The predicted octanol–water partition coefficient (Wildman–Crippen LogP) is 8.65. The summed E-state index contributed by atoms with van der Waals surface area (Å²) in [6, 6.07) is 26.6. The van der Waals surface area contributed by atoms with Gasteiger partial charge in [0.2, 0.25) is 0 Å². The zero-order valence-electron chi connectivity index (χ0n) is 30.2. The minimum Gasteiger partial charge on any atom is -0.457 e. The van der Waals surface area contributed by atoms with Crippen molar-refractivity contribution in [3.05, 3.63) is 107 Å². The van der Waals surface area contributed by atoms with Crippen molar-refractivity contribution < 1.29 is 28.7 Å². The molecule has 0 aromatic heterocycles. The Labute approximate surface area is 286 Å². The molecule has 2 aliphatic heterocycles. The first-order chi connectivity index (χ1) is 22.4. The summed E-state index contributed by atoms with van der Waals surface area (Å²) in [7, 11) is 0. The van der Waals surface area contributed by atoms with Crippen LogP contribution in [0.3, 0.4) is 0 Å². The number of carbonyl (C=O) groups is 2. The first-order valence-electron chi connectivity index (χ1n) is 17.0. The molecule has 4 atom stereocenters. The summed E-state index contributed by atoms with van der Waals surface area (Å²) in [4.78, 5) is 39.7. The van der Waals surface area contributed by atoms with Gasteiger partial charge in [0.05, 0.1) is 22.2 Å². The lowest BCUT2D eigenvalue weighted by molar-refractivity contribution is -0.273. The highest BCUT2D eigenvalue weighted by molar-refractivity contribution is 5.93. The Bertz CT molecular complexity index is 1450. The highest BCUT2D eigenvalue weighted by atomic mass is 16.7. The Hall–Kier alpha value is -3.56. The number of rotatable bonds is 10. The molecule has 0 amide bonds. The molecule has 8 nitrogen and oxygen atoms in total. The quantitative estimate of drug-likeness (QED) is 0.201. The van der Waals surface area contributed by atoms with Gasteiger partial charge in [-0.05, 0) is 105 Å². The fourth-order valence-electron chi connectivity index (χ4n) is 7.35. The van der Waals surface area contributed by atoms with E-state index in [9.17, 15) is 9.59 Å². The molecule has 2 heterocycles. The van der Waals surface area contributed by atoms with Crippen molar-refractivity contribution >= 4 is 11.9 Å². The summed E-state index contributed by atoms with van der Waals surface area (Å²) in [5.74, 6) is -0.887.